The first-order valence-corrected chi connectivity index (χ1v) is 4.88. The number of hydrogen-bond donors (Lipinski definition) is 2. The maximum Gasteiger partial charge on any atom is 0.256 e. The van der Waals surface area contributed by atoms with Crippen molar-refractivity contribution in [3.8, 4) is 6.19 Å². The molecule has 1 unspecified atom stereocenters. The Labute approximate surface area is 96.7 Å². The lowest BCUT2D eigenvalue weighted by Crippen LogP contribution is -2.33. The summed E-state index contributed by atoms with van der Waals surface area (Å²) in [7, 11) is 0. The van der Waals surface area contributed by atoms with Gasteiger partial charge in [-0.1, -0.05) is 23.7 Å². The van der Waals surface area contributed by atoms with E-state index in [0.29, 0.717) is 5.02 Å². The van der Waals surface area contributed by atoms with Crippen LogP contribution in [0.5, 0.6) is 0 Å². The molecule has 0 saturated carbocycles. The first kappa shape index (κ1) is 10.5. The summed E-state index contributed by atoms with van der Waals surface area (Å²) in [5.74, 6) is -0.0903. The van der Waals surface area contributed by atoms with Gasteiger partial charge in [-0.25, -0.2) is 4.99 Å². The minimum absolute atomic E-state index is 0.174. The van der Waals surface area contributed by atoms with Crippen molar-refractivity contribution in [2.24, 2.45) is 4.99 Å². The molecule has 6 heteroatoms. The highest BCUT2D eigenvalue weighted by Gasteiger charge is 2.27. The van der Waals surface area contributed by atoms with E-state index in [0.717, 1.165) is 5.56 Å². The van der Waals surface area contributed by atoms with E-state index in [1.54, 1.807) is 30.5 Å². The quantitative estimate of drug-likeness (QED) is 0.561. The minimum Gasteiger partial charge on any atom is -0.294 e. The molecule has 1 aromatic carbocycles. The number of nitrogens with one attached hydrogen (secondary N) is 2. The predicted octanol–water partition coefficient (Wildman–Crippen LogP) is 0.938. The number of aliphatic imine (C=N–C) groups is 1. The molecule has 1 aliphatic rings. The van der Waals surface area contributed by atoms with E-state index in [1.165, 1.54) is 0 Å². The van der Waals surface area contributed by atoms with Crippen LogP contribution in [-0.2, 0) is 4.79 Å². The molecule has 0 spiro atoms. The maximum absolute atomic E-state index is 11.5. The van der Waals surface area contributed by atoms with Crippen LogP contribution in [0, 0.1) is 11.5 Å². The van der Waals surface area contributed by atoms with E-state index >= 15 is 0 Å². The van der Waals surface area contributed by atoms with Gasteiger partial charge in [-0.05, 0) is 17.7 Å². The molecular formula is C10H7ClN4O. The molecule has 1 aromatic rings. The number of hydrogen-bond acceptors (Lipinski definition) is 4. The molecule has 1 aliphatic heterocycles. The standard InChI is InChI=1S/C10H7ClN4O/c11-7-3-1-6(2-4-7)8-9(16)15-10(14-8)13-5-12/h1-4,8H,(H2,13,14,15,16). The Morgan fingerprint density at radius 1 is 1.44 bits per heavy atom. The first-order chi connectivity index (χ1) is 7.70. The highest BCUT2D eigenvalue weighted by Crippen LogP contribution is 2.22. The molecule has 0 fully saturated rings. The predicted molar refractivity (Wildman–Crippen MR) is 58.5 cm³/mol. The van der Waals surface area contributed by atoms with Gasteiger partial charge in [0.2, 0.25) is 5.96 Å². The molecule has 0 bridgehead atoms. The molecule has 1 atom stereocenters. The number of amides is 1. The molecule has 80 valence electrons. The van der Waals surface area contributed by atoms with Crippen LogP contribution in [-0.4, -0.2) is 11.9 Å². The third kappa shape index (κ3) is 1.97. The summed E-state index contributed by atoms with van der Waals surface area (Å²) in [6, 6.07) is 6.22. The van der Waals surface area contributed by atoms with Crippen molar-refractivity contribution < 1.29 is 4.79 Å². The van der Waals surface area contributed by atoms with Gasteiger partial charge in [0, 0.05) is 5.02 Å². The Morgan fingerprint density at radius 2 is 2.12 bits per heavy atom. The molecule has 1 heterocycles. The number of carbonyl (C=O) groups excluding carboxylic acids is 1. The first-order valence-electron chi connectivity index (χ1n) is 4.50. The van der Waals surface area contributed by atoms with Gasteiger partial charge in [-0.2, -0.15) is 5.26 Å². The Balaban J connectivity index is 2.25. The number of nitrogens with zero attached hydrogens (tertiary/aromatic N) is 2. The van der Waals surface area contributed by atoms with Gasteiger partial charge >= 0.3 is 0 Å². The highest BCUT2D eigenvalue weighted by atomic mass is 35.5. The van der Waals surface area contributed by atoms with E-state index in [-0.39, 0.29) is 11.9 Å². The van der Waals surface area contributed by atoms with Gasteiger partial charge in [-0.15, -0.1) is 0 Å². The summed E-state index contributed by atoms with van der Waals surface area (Å²) < 4.78 is 0. The number of halogens is 1. The van der Waals surface area contributed by atoms with Gasteiger partial charge in [0.25, 0.3) is 5.91 Å². The van der Waals surface area contributed by atoms with Crippen LogP contribution in [0.1, 0.15) is 11.6 Å². The van der Waals surface area contributed by atoms with Crippen LogP contribution in [0.4, 0.5) is 0 Å². The zero-order valence-corrected chi connectivity index (χ0v) is 8.82. The van der Waals surface area contributed by atoms with E-state index in [9.17, 15) is 4.79 Å². The fourth-order valence-electron chi connectivity index (χ4n) is 1.39. The number of guanidine groups is 1. The maximum atomic E-state index is 11.5. The van der Waals surface area contributed by atoms with Crippen molar-refractivity contribution in [2.45, 2.75) is 6.04 Å². The van der Waals surface area contributed by atoms with E-state index < -0.39 is 6.04 Å². The Kier molecular flexibility index (Phi) is 2.75. The molecule has 16 heavy (non-hydrogen) atoms. The number of nitriles is 1. The topological polar surface area (TPSA) is 77.3 Å². The van der Waals surface area contributed by atoms with Gasteiger partial charge < -0.3 is 0 Å². The molecule has 0 saturated heterocycles. The molecule has 0 aromatic heterocycles. The van der Waals surface area contributed by atoms with Gasteiger partial charge in [0.15, 0.2) is 12.2 Å². The van der Waals surface area contributed by atoms with Gasteiger partial charge in [0.1, 0.15) is 0 Å². The molecular weight excluding hydrogens is 228 g/mol. The Bertz CT molecular complexity index is 489. The SMILES string of the molecule is N#CNC1=NC(c2ccc(Cl)cc2)C(=O)N1. The van der Waals surface area contributed by atoms with Crippen molar-refractivity contribution >= 4 is 23.5 Å². The van der Waals surface area contributed by atoms with Crippen LogP contribution >= 0.6 is 11.6 Å². The smallest absolute Gasteiger partial charge is 0.256 e. The fourth-order valence-corrected chi connectivity index (χ4v) is 1.52. The molecule has 5 nitrogen and oxygen atoms in total. The largest absolute Gasteiger partial charge is 0.294 e. The normalized spacial score (nSPS) is 18.6. The lowest BCUT2D eigenvalue weighted by Gasteiger charge is -2.03. The van der Waals surface area contributed by atoms with Gasteiger partial charge in [0.05, 0.1) is 0 Å². The lowest BCUT2D eigenvalue weighted by molar-refractivity contribution is -0.120. The Morgan fingerprint density at radius 3 is 2.75 bits per heavy atom. The van der Waals surface area contributed by atoms with Gasteiger partial charge in [-0.3, -0.25) is 15.4 Å². The van der Waals surface area contributed by atoms with E-state index in [1.807, 2.05) is 0 Å². The van der Waals surface area contributed by atoms with Crippen LogP contribution in [0.25, 0.3) is 0 Å². The molecule has 2 rings (SSSR count). The average molecular weight is 235 g/mol. The average Bonchev–Trinajstić information content (AvgIpc) is 2.61. The molecule has 0 aliphatic carbocycles. The summed E-state index contributed by atoms with van der Waals surface area (Å²) in [4.78, 5) is 15.6. The molecule has 2 N–H and O–H groups in total. The van der Waals surface area contributed by atoms with Crippen molar-refractivity contribution in [3.05, 3.63) is 34.9 Å². The van der Waals surface area contributed by atoms with Crippen molar-refractivity contribution in [1.82, 2.24) is 10.6 Å². The highest BCUT2D eigenvalue weighted by molar-refractivity contribution is 6.30. The molecule has 0 radical (unpaired) electrons. The van der Waals surface area contributed by atoms with Crippen molar-refractivity contribution in [3.63, 3.8) is 0 Å². The minimum atomic E-state index is -0.617. The summed E-state index contributed by atoms with van der Waals surface area (Å²) >= 11 is 5.74. The monoisotopic (exact) mass is 234 g/mol. The summed E-state index contributed by atoms with van der Waals surface area (Å²) in [5, 5.41) is 13.7. The van der Waals surface area contributed by atoms with Crippen LogP contribution < -0.4 is 10.6 Å². The summed E-state index contributed by atoms with van der Waals surface area (Å²) in [6.45, 7) is 0. The van der Waals surface area contributed by atoms with E-state index in [4.69, 9.17) is 16.9 Å². The van der Waals surface area contributed by atoms with Crippen LogP contribution in [0.2, 0.25) is 5.02 Å². The zero-order valence-electron chi connectivity index (χ0n) is 8.07. The second-order valence-electron chi connectivity index (χ2n) is 3.16. The zero-order chi connectivity index (χ0) is 11.5. The number of carbonyl (C=O) groups is 1. The van der Waals surface area contributed by atoms with Crippen molar-refractivity contribution in [2.75, 3.05) is 0 Å². The second kappa shape index (κ2) is 4.21. The van der Waals surface area contributed by atoms with E-state index in [2.05, 4.69) is 15.6 Å². The summed E-state index contributed by atoms with van der Waals surface area (Å²) in [6.07, 6.45) is 1.69. The van der Waals surface area contributed by atoms with Crippen molar-refractivity contribution in [1.29, 1.82) is 5.26 Å². The molecule has 1 amide bonds. The Hall–Kier alpha value is -2.06. The number of benzene rings is 1. The lowest BCUT2D eigenvalue weighted by atomic mass is 10.1. The van der Waals surface area contributed by atoms with Crippen LogP contribution in [0.3, 0.4) is 0 Å². The fraction of sp³-hybridized carbons (Fsp3) is 0.100. The second-order valence-corrected chi connectivity index (χ2v) is 3.59. The third-order valence-electron chi connectivity index (χ3n) is 2.11. The third-order valence-corrected chi connectivity index (χ3v) is 2.36. The number of rotatable bonds is 1. The van der Waals surface area contributed by atoms with Crippen LogP contribution in [0.15, 0.2) is 29.3 Å². The summed E-state index contributed by atoms with van der Waals surface area (Å²) in [5.41, 5.74) is 0.733.